The minimum atomic E-state index is -4.53. The van der Waals surface area contributed by atoms with Gasteiger partial charge in [0, 0.05) is 34.8 Å². The van der Waals surface area contributed by atoms with Gasteiger partial charge in [0.1, 0.15) is 0 Å². The van der Waals surface area contributed by atoms with Crippen LogP contribution < -0.4 is 5.32 Å². The molecule has 1 N–H and O–H groups in total. The summed E-state index contributed by atoms with van der Waals surface area (Å²) in [5, 5.41) is 6.87. The molecule has 0 radical (unpaired) electrons. The monoisotopic (exact) mass is 373 g/mol. The van der Waals surface area contributed by atoms with Gasteiger partial charge >= 0.3 is 6.18 Å². The van der Waals surface area contributed by atoms with Crippen LogP contribution in [-0.2, 0) is 30.5 Å². The minimum Gasteiger partial charge on any atom is -0.376 e. The maximum atomic E-state index is 13.1. The SMILES string of the molecule is O=C(NCCn1nc(C(F)(F)F)c2c1CCOC2)c1ccc(Cl)cc1. The number of rotatable bonds is 4. The van der Waals surface area contributed by atoms with Crippen LogP contribution >= 0.6 is 11.6 Å². The predicted molar refractivity (Wildman–Crippen MR) is 84.4 cm³/mol. The number of benzene rings is 1. The number of carbonyl (C=O) groups is 1. The van der Waals surface area contributed by atoms with Gasteiger partial charge in [-0.05, 0) is 24.3 Å². The smallest absolute Gasteiger partial charge is 0.376 e. The molecule has 0 spiro atoms. The Balaban J connectivity index is 1.68. The number of fused-ring (bicyclic) bond motifs is 1. The zero-order chi connectivity index (χ0) is 18.0. The molecule has 0 bridgehead atoms. The van der Waals surface area contributed by atoms with E-state index < -0.39 is 11.9 Å². The summed E-state index contributed by atoms with van der Waals surface area (Å²) in [5.41, 5.74) is 0.115. The van der Waals surface area contributed by atoms with E-state index in [1.165, 1.54) is 4.68 Å². The number of ether oxygens (including phenoxy) is 1. The molecule has 0 saturated carbocycles. The van der Waals surface area contributed by atoms with Crippen molar-refractivity contribution >= 4 is 17.5 Å². The molecule has 0 unspecified atom stereocenters. The highest BCUT2D eigenvalue weighted by Crippen LogP contribution is 2.34. The molecule has 2 aromatic rings. The lowest BCUT2D eigenvalue weighted by atomic mass is 10.1. The average molecular weight is 374 g/mol. The summed E-state index contributed by atoms with van der Waals surface area (Å²) in [7, 11) is 0. The Morgan fingerprint density at radius 1 is 1.32 bits per heavy atom. The van der Waals surface area contributed by atoms with Gasteiger partial charge in [-0.15, -0.1) is 0 Å². The Bertz CT molecular complexity index is 772. The van der Waals surface area contributed by atoms with E-state index in [1.54, 1.807) is 24.3 Å². The van der Waals surface area contributed by atoms with Gasteiger partial charge in [-0.25, -0.2) is 0 Å². The fourth-order valence-corrected chi connectivity index (χ4v) is 2.83. The van der Waals surface area contributed by atoms with Crippen molar-refractivity contribution in [3.63, 3.8) is 0 Å². The van der Waals surface area contributed by atoms with Crippen molar-refractivity contribution in [2.24, 2.45) is 0 Å². The highest BCUT2D eigenvalue weighted by Gasteiger charge is 2.39. The third-order valence-electron chi connectivity index (χ3n) is 3.88. The number of hydrogen-bond acceptors (Lipinski definition) is 3. The van der Waals surface area contributed by atoms with Gasteiger partial charge in [0.25, 0.3) is 5.91 Å². The molecular weight excluding hydrogens is 359 g/mol. The van der Waals surface area contributed by atoms with Gasteiger partial charge in [-0.1, -0.05) is 11.6 Å². The number of alkyl halides is 3. The van der Waals surface area contributed by atoms with Gasteiger partial charge in [-0.2, -0.15) is 18.3 Å². The quantitative estimate of drug-likeness (QED) is 0.896. The van der Waals surface area contributed by atoms with Crippen molar-refractivity contribution in [2.45, 2.75) is 25.7 Å². The van der Waals surface area contributed by atoms with E-state index >= 15 is 0 Å². The Hall–Kier alpha value is -2.06. The second kappa shape index (κ2) is 7.05. The van der Waals surface area contributed by atoms with Gasteiger partial charge in [0.05, 0.1) is 19.8 Å². The van der Waals surface area contributed by atoms with Crippen LogP contribution in [-0.4, -0.2) is 28.8 Å². The number of carbonyl (C=O) groups excluding carboxylic acids is 1. The Kier molecular flexibility index (Phi) is 5.01. The zero-order valence-corrected chi connectivity index (χ0v) is 13.8. The van der Waals surface area contributed by atoms with Crippen LogP contribution in [0.25, 0.3) is 0 Å². The summed E-state index contributed by atoms with van der Waals surface area (Å²) in [5.74, 6) is -0.322. The van der Waals surface area contributed by atoms with Crippen LogP contribution in [0.4, 0.5) is 13.2 Å². The number of halogens is 4. The molecule has 25 heavy (non-hydrogen) atoms. The van der Waals surface area contributed by atoms with E-state index in [4.69, 9.17) is 16.3 Å². The number of amides is 1. The van der Waals surface area contributed by atoms with Crippen molar-refractivity contribution in [1.82, 2.24) is 15.1 Å². The lowest BCUT2D eigenvalue weighted by Crippen LogP contribution is -2.28. The Morgan fingerprint density at radius 2 is 2.04 bits per heavy atom. The maximum absolute atomic E-state index is 13.1. The van der Waals surface area contributed by atoms with Crippen LogP contribution in [0, 0.1) is 0 Å². The number of hydrogen-bond donors (Lipinski definition) is 1. The molecule has 5 nitrogen and oxygen atoms in total. The lowest BCUT2D eigenvalue weighted by molar-refractivity contribution is -0.142. The van der Waals surface area contributed by atoms with Crippen LogP contribution in [0.3, 0.4) is 0 Å². The molecule has 1 aromatic heterocycles. The van der Waals surface area contributed by atoms with Gasteiger partial charge < -0.3 is 10.1 Å². The highest BCUT2D eigenvalue weighted by molar-refractivity contribution is 6.30. The van der Waals surface area contributed by atoms with Gasteiger partial charge in [0.15, 0.2) is 5.69 Å². The first-order chi connectivity index (χ1) is 11.9. The number of aromatic nitrogens is 2. The third-order valence-corrected chi connectivity index (χ3v) is 4.13. The first-order valence-electron chi connectivity index (χ1n) is 7.63. The molecule has 3 rings (SSSR count). The molecule has 134 valence electrons. The van der Waals surface area contributed by atoms with Gasteiger partial charge in [-0.3, -0.25) is 9.48 Å². The van der Waals surface area contributed by atoms with Crippen LogP contribution in [0.2, 0.25) is 5.02 Å². The maximum Gasteiger partial charge on any atom is 0.435 e. The molecule has 0 atom stereocenters. The molecule has 0 saturated heterocycles. The molecule has 1 aliphatic rings. The largest absolute Gasteiger partial charge is 0.435 e. The first kappa shape index (κ1) is 17.8. The summed E-state index contributed by atoms with van der Waals surface area (Å²) in [6, 6.07) is 6.34. The average Bonchev–Trinajstić information content (AvgIpc) is 2.95. The fourth-order valence-electron chi connectivity index (χ4n) is 2.70. The molecule has 9 heteroatoms. The van der Waals surface area contributed by atoms with Crippen molar-refractivity contribution < 1.29 is 22.7 Å². The van der Waals surface area contributed by atoms with Crippen LogP contribution in [0.1, 0.15) is 27.3 Å². The van der Waals surface area contributed by atoms with Crippen molar-refractivity contribution in [1.29, 1.82) is 0 Å². The lowest BCUT2D eigenvalue weighted by Gasteiger charge is -2.15. The second-order valence-electron chi connectivity index (χ2n) is 5.56. The van der Waals surface area contributed by atoms with E-state index in [-0.39, 0.29) is 31.2 Å². The zero-order valence-electron chi connectivity index (χ0n) is 13.1. The molecule has 0 aliphatic carbocycles. The van der Waals surface area contributed by atoms with E-state index in [1.807, 2.05) is 0 Å². The molecule has 2 heterocycles. The normalized spacial score (nSPS) is 14.2. The predicted octanol–water partition coefficient (Wildman–Crippen LogP) is 3.06. The topological polar surface area (TPSA) is 56.2 Å². The molecule has 1 aromatic carbocycles. The highest BCUT2D eigenvalue weighted by atomic mass is 35.5. The van der Waals surface area contributed by atoms with E-state index in [0.717, 1.165) is 0 Å². The standard InChI is InChI=1S/C16H15ClF3N3O2/c17-11-3-1-10(2-4-11)15(24)21-6-7-23-13-5-8-25-9-12(13)14(22-23)16(18,19)20/h1-4H,5-9H2,(H,21,24). The summed E-state index contributed by atoms with van der Waals surface area (Å²) in [6.07, 6.45) is -4.16. The summed E-state index contributed by atoms with van der Waals surface area (Å²) in [6.45, 7) is 0.569. The van der Waals surface area contributed by atoms with E-state index in [0.29, 0.717) is 29.3 Å². The van der Waals surface area contributed by atoms with E-state index in [2.05, 4.69) is 10.4 Å². The summed E-state index contributed by atoms with van der Waals surface area (Å²) >= 11 is 5.76. The molecule has 0 fully saturated rings. The minimum absolute atomic E-state index is 0.0859. The first-order valence-corrected chi connectivity index (χ1v) is 8.01. The fraction of sp³-hybridized carbons (Fsp3) is 0.375. The molecule has 1 amide bonds. The van der Waals surface area contributed by atoms with Crippen LogP contribution in [0.5, 0.6) is 0 Å². The number of nitrogens with zero attached hydrogens (tertiary/aromatic N) is 2. The van der Waals surface area contributed by atoms with Crippen molar-refractivity contribution in [3.8, 4) is 0 Å². The Labute approximate surface area is 146 Å². The summed E-state index contributed by atoms with van der Waals surface area (Å²) < 4.78 is 45.7. The van der Waals surface area contributed by atoms with Crippen molar-refractivity contribution in [2.75, 3.05) is 13.2 Å². The van der Waals surface area contributed by atoms with E-state index in [9.17, 15) is 18.0 Å². The van der Waals surface area contributed by atoms with Gasteiger partial charge in [0.2, 0.25) is 0 Å². The number of nitrogens with one attached hydrogen (secondary N) is 1. The van der Waals surface area contributed by atoms with Crippen molar-refractivity contribution in [3.05, 3.63) is 51.8 Å². The van der Waals surface area contributed by atoms with Crippen LogP contribution in [0.15, 0.2) is 24.3 Å². The second-order valence-corrected chi connectivity index (χ2v) is 6.00. The molecular formula is C16H15ClF3N3O2. The molecule has 1 aliphatic heterocycles. The third kappa shape index (κ3) is 3.96. The summed E-state index contributed by atoms with van der Waals surface area (Å²) in [4.78, 5) is 12.0. The Morgan fingerprint density at radius 3 is 2.72 bits per heavy atom.